The van der Waals surface area contributed by atoms with Gasteiger partial charge in [-0.25, -0.2) is 4.98 Å². The summed E-state index contributed by atoms with van der Waals surface area (Å²) in [6.45, 7) is 6.14. The first kappa shape index (κ1) is 9.36. The number of nitrogens with one attached hydrogen (secondary N) is 2. The average Bonchev–Trinajstić information content (AvgIpc) is 2.81. The van der Waals surface area contributed by atoms with E-state index in [4.69, 9.17) is 4.74 Å². The van der Waals surface area contributed by atoms with Crippen LogP contribution in [0.25, 0.3) is 0 Å². The molecule has 0 amide bonds. The predicted molar refractivity (Wildman–Crippen MR) is 56.6 cm³/mol. The Bertz CT molecular complexity index is 376. The number of rotatable bonds is 0. The molecule has 15 heavy (non-hydrogen) atoms. The largest absolute Gasteiger partial charge is 0.376 e. The van der Waals surface area contributed by atoms with Crippen LogP contribution in [0.4, 0.5) is 0 Å². The molecule has 82 valence electrons. The van der Waals surface area contributed by atoms with Crippen molar-refractivity contribution in [2.75, 3.05) is 13.2 Å². The van der Waals surface area contributed by atoms with E-state index in [9.17, 15) is 0 Å². The Morgan fingerprint density at radius 2 is 2.40 bits per heavy atom. The fourth-order valence-electron chi connectivity index (χ4n) is 2.83. The Balaban J connectivity index is 2.08. The van der Waals surface area contributed by atoms with Crippen LogP contribution in [0.2, 0.25) is 0 Å². The molecule has 4 nitrogen and oxygen atoms in total. The van der Waals surface area contributed by atoms with Crippen LogP contribution in [0.15, 0.2) is 6.33 Å². The van der Waals surface area contributed by atoms with Crippen molar-refractivity contribution in [1.29, 1.82) is 0 Å². The van der Waals surface area contributed by atoms with Gasteiger partial charge in [0.1, 0.15) is 0 Å². The van der Waals surface area contributed by atoms with Gasteiger partial charge >= 0.3 is 0 Å². The summed E-state index contributed by atoms with van der Waals surface area (Å²) < 4.78 is 5.77. The van der Waals surface area contributed by atoms with Crippen molar-refractivity contribution >= 4 is 0 Å². The third-order valence-corrected chi connectivity index (χ3v) is 4.01. The fourth-order valence-corrected chi connectivity index (χ4v) is 2.83. The minimum atomic E-state index is -0.0486. The van der Waals surface area contributed by atoms with Crippen molar-refractivity contribution in [1.82, 2.24) is 15.3 Å². The smallest absolute Gasteiger partial charge is 0.0926 e. The molecular formula is C11H17N3O. The number of nitrogens with zero attached hydrogens (tertiary/aromatic N) is 1. The second-order valence-corrected chi connectivity index (χ2v) is 4.68. The number of aromatic nitrogens is 2. The molecule has 2 aliphatic rings. The Labute approximate surface area is 89.4 Å². The van der Waals surface area contributed by atoms with Crippen LogP contribution in [0, 0.1) is 5.92 Å². The minimum Gasteiger partial charge on any atom is -0.376 e. The van der Waals surface area contributed by atoms with Crippen LogP contribution in [-0.4, -0.2) is 29.2 Å². The number of hydrogen-bond donors (Lipinski definition) is 2. The molecule has 0 aliphatic carbocycles. The highest BCUT2D eigenvalue weighted by atomic mass is 16.5. The molecular weight excluding hydrogens is 190 g/mol. The normalized spacial score (nSPS) is 39.6. The van der Waals surface area contributed by atoms with Gasteiger partial charge in [-0.1, -0.05) is 6.92 Å². The molecule has 0 radical (unpaired) electrons. The molecule has 0 bridgehead atoms. The third-order valence-electron chi connectivity index (χ3n) is 4.01. The standard InChI is InChI=1S/C11H17N3O/c1-7-8(2)15-5-11(7)10-9(3-4-14-11)12-6-13-10/h6-8,14H,3-5H2,1-2H3,(H,12,13)/t7-,8+,11+/m1/s1. The topological polar surface area (TPSA) is 49.9 Å². The second kappa shape index (κ2) is 3.06. The van der Waals surface area contributed by atoms with E-state index in [1.807, 2.05) is 0 Å². The maximum absolute atomic E-state index is 5.77. The highest BCUT2D eigenvalue weighted by Crippen LogP contribution is 2.40. The van der Waals surface area contributed by atoms with Crippen molar-refractivity contribution in [3.63, 3.8) is 0 Å². The highest BCUT2D eigenvalue weighted by Gasteiger charge is 2.50. The van der Waals surface area contributed by atoms with E-state index < -0.39 is 0 Å². The molecule has 0 saturated carbocycles. The van der Waals surface area contributed by atoms with Gasteiger partial charge in [0, 0.05) is 24.6 Å². The van der Waals surface area contributed by atoms with Gasteiger partial charge in [0.25, 0.3) is 0 Å². The number of aromatic amines is 1. The molecule has 3 atom stereocenters. The SMILES string of the molecule is C[C@@H]1OC[C@]2(NCCc3[nH]cnc32)[C@@H]1C. The number of fused-ring (bicyclic) bond motifs is 2. The first-order valence-electron chi connectivity index (χ1n) is 5.63. The van der Waals surface area contributed by atoms with Crippen LogP contribution >= 0.6 is 0 Å². The quantitative estimate of drug-likeness (QED) is 0.661. The zero-order valence-corrected chi connectivity index (χ0v) is 9.21. The molecule has 1 aromatic rings. The van der Waals surface area contributed by atoms with Gasteiger partial charge in [0.2, 0.25) is 0 Å². The molecule has 1 fully saturated rings. The van der Waals surface area contributed by atoms with E-state index in [0.29, 0.717) is 12.0 Å². The highest BCUT2D eigenvalue weighted by molar-refractivity contribution is 5.28. The minimum absolute atomic E-state index is 0.0486. The zero-order chi connectivity index (χ0) is 10.5. The van der Waals surface area contributed by atoms with Gasteiger partial charge in [-0.2, -0.15) is 0 Å². The molecule has 0 aromatic carbocycles. The van der Waals surface area contributed by atoms with E-state index in [-0.39, 0.29) is 5.54 Å². The monoisotopic (exact) mass is 207 g/mol. The fraction of sp³-hybridized carbons (Fsp3) is 0.727. The van der Waals surface area contributed by atoms with Gasteiger partial charge in [-0.3, -0.25) is 0 Å². The lowest BCUT2D eigenvalue weighted by atomic mass is 9.79. The lowest BCUT2D eigenvalue weighted by Crippen LogP contribution is -2.52. The first-order chi connectivity index (χ1) is 7.24. The molecule has 0 unspecified atom stereocenters. The van der Waals surface area contributed by atoms with E-state index >= 15 is 0 Å². The van der Waals surface area contributed by atoms with Gasteiger partial charge < -0.3 is 15.0 Å². The second-order valence-electron chi connectivity index (χ2n) is 4.68. The number of hydrogen-bond acceptors (Lipinski definition) is 3. The van der Waals surface area contributed by atoms with E-state index in [0.717, 1.165) is 19.6 Å². The van der Waals surface area contributed by atoms with Crippen LogP contribution < -0.4 is 5.32 Å². The van der Waals surface area contributed by atoms with E-state index in [1.165, 1.54) is 11.4 Å². The van der Waals surface area contributed by atoms with Crippen molar-refractivity contribution in [2.45, 2.75) is 31.9 Å². The van der Waals surface area contributed by atoms with Crippen LogP contribution in [0.3, 0.4) is 0 Å². The van der Waals surface area contributed by atoms with Gasteiger partial charge in [-0.05, 0) is 6.92 Å². The Hall–Kier alpha value is -0.870. The molecule has 1 aromatic heterocycles. The third kappa shape index (κ3) is 1.12. The van der Waals surface area contributed by atoms with Crippen LogP contribution in [0.1, 0.15) is 25.2 Å². The maximum atomic E-state index is 5.77. The summed E-state index contributed by atoms with van der Waals surface area (Å²) in [5.41, 5.74) is 2.40. The molecule has 1 saturated heterocycles. The summed E-state index contributed by atoms with van der Waals surface area (Å²) >= 11 is 0. The Morgan fingerprint density at radius 3 is 3.13 bits per heavy atom. The van der Waals surface area contributed by atoms with Crippen molar-refractivity contribution < 1.29 is 4.74 Å². The first-order valence-corrected chi connectivity index (χ1v) is 5.63. The Kier molecular flexibility index (Phi) is 1.91. The number of ether oxygens (including phenoxy) is 1. The number of H-pyrrole nitrogens is 1. The van der Waals surface area contributed by atoms with Crippen LogP contribution in [0.5, 0.6) is 0 Å². The summed E-state index contributed by atoms with van der Waals surface area (Å²) in [4.78, 5) is 7.72. The molecule has 1 spiro atoms. The lowest BCUT2D eigenvalue weighted by molar-refractivity contribution is 0.104. The van der Waals surface area contributed by atoms with Gasteiger partial charge in [-0.15, -0.1) is 0 Å². The summed E-state index contributed by atoms with van der Waals surface area (Å²) in [5, 5.41) is 3.61. The summed E-state index contributed by atoms with van der Waals surface area (Å²) in [6, 6.07) is 0. The summed E-state index contributed by atoms with van der Waals surface area (Å²) in [5.74, 6) is 0.472. The zero-order valence-electron chi connectivity index (χ0n) is 9.21. The van der Waals surface area contributed by atoms with Crippen molar-refractivity contribution in [3.05, 3.63) is 17.7 Å². The predicted octanol–water partition coefficient (Wildman–Crippen LogP) is 0.805. The van der Waals surface area contributed by atoms with E-state index in [2.05, 4.69) is 29.1 Å². The van der Waals surface area contributed by atoms with Gasteiger partial charge in [0.15, 0.2) is 0 Å². The molecule has 3 rings (SSSR count). The lowest BCUT2D eigenvalue weighted by Gasteiger charge is -2.36. The molecule has 2 N–H and O–H groups in total. The molecule has 2 aliphatic heterocycles. The summed E-state index contributed by atoms with van der Waals surface area (Å²) in [7, 11) is 0. The molecule has 3 heterocycles. The van der Waals surface area contributed by atoms with E-state index in [1.54, 1.807) is 6.33 Å². The molecule has 4 heteroatoms. The Morgan fingerprint density at radius 1 is 1.53 bits per heavy atom. The van der Waals surface area contributed by atoms with Crippen molar-refractivity contribution in [3.8, 4) is 0 Å². The maximum Gasteiger partial charge on any atom is 0.0926 e. The van der Waals surface area contributed by atoms with Crippen molar-refractivity contribution in [2.24, 2.45) is 5.92 Å². The average molecular weight is 207 g/mol. The number of imidazole rings is 1. The summed E-state index contributed by atoms with van der Waals surface area (Å²) in [6.07, 6.45) is 3.15. The van der Waals surface area contributed by atoms with Crippen LogP contribution in [-0.2, 0) is 16.7 Å². The van der Waals surface area contributed by atoms with Gasteiger partial charge in [0.05, 0.1) is 30.3 Å².